The summed E-state index contributed by atoms with van der Waals surface area (Å²) in [6.07, 6.45) is 0. The number of carbonyl (C=O) groups is 1. The molecule has 0 atom stereocenters. The van der Waals surface area contributed by atoms with Crippen molar-refractivity contribution < 1.29 is 9.18 Å². The standard InChI is InChI=1S/C22H27FN2OS/c1-22(2,3)17-8-10-18(11-9-17)27-16-21(26)25-14-12-24(13-15-25)20-7-5-4-6-19(20)23/h4-11H,12-16H2,1-3H3. The van der Waals surface area contributed by atoms with Crippen LogP contribution in [0, 0.1) is 5.82 Å². The number of anilines is 1. The average Bonchev–Trinajstić information content (AvgIpc) is 2.66. The first-order valence-electron chi connectivity index (χ1n) is 9.35. The Hall–Kier alpha value is -2.01. The van der Waals surface area contributed by atoms with Crippen molar-refractivity contribution >= 4 is 23.4 Å². The van der Waals surface area contributed by atoms with Crippen molar-refractivity contribution in [2.75, 3.05) is 36.8 Å². The van der Waals surface area contributed by atoms with Crippen LogP contribution in [-0.2, 0) is 10.2 Å². The zero-order chi connectivity index (χ0) is 19.4. The van der Waals surface area contributed by atoms with Crippen molar-refractivity contribution in [3.8, 4) is 0 Å². The summed E-state index contributed by atoms with van der Waals surface area (Å²) in [5.74, 6) is 0.383. The first kappa shape index (κ1) is 19.7. The Labute approximate surface area is 165 Å². The van der Waals surface area contributed by atoms with Gasteiger partial charge in [0.05, 0.1) is 11.4 Å². The van der Waals surface area contributed by atoms with E-state index in [9.17, 15) is 9.18 Å². The largest absolute Gasteiger partial charge is 0.366 e. The van der Waals surface area contributed by atoms with Gasteiger partial charge in [-0.05, 0) is 35.2 Å². The molecular weight excluding hydrogens is 359 g/mol. The molecule has 27 heavy (non-hydrogen) atoms. The second-order valence-corrected chi connectivity index (χ2v) is 8.93. The highest BCUT2D eigenvalue weighted by molar-refractivity contribution is 8.00. The van der Waals surface area contributed by atoms with Gasteiger partial charge in [0.15, 0.2) is 0 Å². The molecule has 1 saturated heterocycles. The van der Waals surface area contributed by atoms with Gasteiger partial charge in [0, 0.05) is 31.1 Å². The van der Waals surface area contributed by atoms with E-state index < -0.39 is 0 Å². The Morgan fingerprint density at radius 3 is 2.22 bits per heavy atom. The maximum absolute atomic E-state index is 13.9. The van der Waals surface area contributed by atoms with Gasteiger partial charge in [-0.1, -0.05) is 45.0 Å². The number of hydrogen-bond donors (Lipinski definition) is 0. The van der Waals surface area contributed by atoms with E-state index in [4.69, 9.17) is 0 Å². The lowest BCUT2D eigenvalue weighted by atomic mass is 9.87. The fraction of sp³-hybridized carbons (Fsp3) is 0.409. The highest BCUT2D eigenvalue weighted by Crippen LogP contribution is 2.26. The molecule has 0 saturated carbocycles. The molecule has 0 unspecified atom stereocenters. The first-order valence-corrected chi connectivity index (χ1v) is 10.3. The number of benzene rings is 2. The molecule has 3 nitrogen and oxygen atoms in total. The lowest BCUT2D eigenvalue weighted by Crippen LogP contribution is -2.49. The fourth-order valence-electron chi connectivity index (χ4n) is 3.19. The number of thioether (sulfide) groups is 1. The number of nitrogens with zero attached hydrogens (tertiary/aromatic N) is 2. The van der Waals surface area contributed by atoms with Gasteiger partial charge in [-0.2, -0.15) is 0 Å². The third kappa shape index (κ3) is 5.04. The van der Waals surface area contributed by atoms with E-state index in [1.54, 1.807) is 23.9 Å². The van der Waals surface area contributed by atoms with Gasteiger partial charge in [0.2, 0.25) is 5.91 Å². The van der Waals surface area contributed by atoms with Gasteiger partial charge < -0.3 is 9.80 Å². The van der Waals surface area contributed by atoms with Crippen LogP contribution in [0.4, 0.5) is 10.1 Å². The summed E-state index contributed by atoms with van der Waals surface area (Å²) in [4.78, 5) is 17.5. The Bertz CT molecular complexity index is 778. The molecule has 1 aliphatic rings. The maximum Gasteiger partial charge on any atom is 0.233 e. The molecule has 2 aromatic carbocycles. The number of carbonyl (C=O) groups excluding carboxylic acids is 1. The van der Waals surface area contributed by atoms with Crippen LogP contribution in [0.2, 0.25) is 0 Å². The number of para-hydroxylation sites is 1. The van der Waals surface area contributed by atoms with Gasteiger partial charge in [-0.3, -0.25) is 4.79 Å². The number of piperazine rings is 1. The van der Waals surface area contributed by atoms with E-state index in [0.717, 1.165) is 4.90 Å². The van der Waals surface area contributed by atoms with Crippen molar-refractivity contribution in [2.24, 2.45) is 0 Å². The third-order valence-corrected chi connectivity index (χ3v) is 5.90. The fourth-order valence-corrected chi connectivity index (χ4v) is 3.99. The highest BCUT2D eigenvalue weighted by Gasteiger charge is 2.22. The minimum Gasteiger partial charge on any atom is -0.366 e. The van der Waals surface area contributed by atoms with Crippen LogP contribution >= 0.6 is 11.8 Å². The molecule has 3 rings (SSSR count). The molecule has 144 valence electrons. The topological polar surface area (TPSA) is 23.6 Å². The predicted octanol–water partition coefficient (Wildman–Crippen LogP) is 4.56. The van der Waals surface area contributed by atoms with Crippen LogP contribution in [0.15, 0.2) is 53.4 Å². The van der Waals surface area contributed by atoms with Crippen LogP contribution in [-0.4, -0.2) is 42.7 Å². The van der Waals surface area contributed by atoms with Crippen molar-refractivity contribution in [3.05, 3.63) is 59.9 Å². The van der Waals surface area contributed by atoms with Crippen molar-refractivity contribution in [1.82, 2.24) is 4.90 Å². The van der Waals surface area contributed by atoms with E-state index in [1.807, 2.05) is 15.9 Å². The minimum atomic E-state index is -0.202. The summed E-state index contributed by atoms with van der Waals surface area (Å²) < 4.78 is 13.9. The summed E-state index contributed by atoms with van der Waals surface area (Å²) >= 11 is 1.58. The van der Waals surface area contributed by atoms with Crippen molar-refractivity contribution in [2.45, 2.75) is 31.1 Å². The molecule has 1 fully saturated rings. The average molecular weight is 387 g/mol. The van der Waals surface area contributed by atoms with Crippen LogP contribution in [0.5, 0.6) is 0 Å². The molecule has 1 amide bonds. The molecule has 0 bridgehead atoms. The highest BCUT2D eigenvalue weighted by atomic mass is 32.2. The van der Waals surface area contributed by atoms with Crippen molar-refractivity contribution in [1.29, 1.82) is 0 Å². The zero-order valence-electron chi connectivity index (χ0n) is 16.2. The molecule has 5 heteroatoms. The van der Waals surface area contributed by atoms with Gasteiger partial charge in [0.1, 0.15) is 5.82 Å². The molecule has 0 aliphatic carbocycles. The van der Waals surface area contributed by atoms with Gasteiger partial charge in [-0.25, -0.2) is 4.39 Å². The van der Waals surface area contributed by atoms with Crippen LogP contribution in [0.1, 0.15) is 26.3 Å². The van der Waals surface area contributed by atoms with Gasteiger partial charge >= 0.3 is 0 Å². The van der Waals surface area contributed by atoms with Gasteiger partial charge in [0.25, 0.3) is 0 Å². The Morgan fingerprint density at radius 1 is 1.00 bits per heavy atom. The van der Waals surface area contributed by atoms with Crippen LogP contribution in [0.3, 0.4) is 0 Å². The Kier molecular flexibility index (Phi) is 6.10. The molecule has 0 spiro atoms. The number of rotatable bonds is 4. The van der Waals surface area contributed by atoms with E-state index in [-0.39, 0.29) is 17.1 Å². The number of amides is 1. The maximum atomic E-state index is 13.9. The number of hydrogen-bond acceptors (Lipinski definition) is 3. The summed E-state index contributed by atoms with van der Waals surface area (Å²) in [5, 5.41) is 0. The van der Waals surface area contributed by atoms with E-state index >= 15 is 0 Å². The molecule has 0 radical (unpaired) electrons. The first-order chi connectivity index (χ1) is 12.8. The minimum absolute atomic E-state index is 0.136. The molecule has 0 aromatic heterocycles. The van der Waals surface area contributed by atoms with E-state index in [1.165, 1.54) is 11.6 Å². The second-order valence-electron chi connectivity index (χ2n) is 7.88. The molecule has 0 N–H and O–H groups in total. The van der Waals surface area contributed by atoms with E-state index in [2.05, 4.69) is 45.0 Å². The zero-order valence-corrected chi connectivity index (χ0v) is 17.1. The van der Waals surface area contributed by atoms with Crippen LogP contribution in [0.25, 0.3) is 0 Å². The molecular formula is C22H27FN2OS. The molecule has 1 heterocycles. The Morgan fingerprint density at radius 2 is 1.63 bits per heavy atom. The summed E-state index contributed by atoms with van der Waals surface area (Å²) in [7, 11) is 0. The summed E-state index contributed by atoms with van der Waals surface area (Å²) in [5.41, 5.74) is 2.05. The smallest absolute Gasteiger partial charge is 0.233 e. The summed E-state index contributed by atoms with van der Waals surface area (Å²) in [6, 6.07) is 15.3. The summed E-state index contributed by atoms with van der Waals surface area (Å²) in [6.45, 7) is 9.18. The van der Waals surface area contributed by atoms with Crippen LogP contribution < -0.4 is 4.90 Å². The second kappa shape index (κ2) is 8.34. The normalized spacial score (nSPS) is 15.1. The monoisotopic (exact) mass is 386 g/mol. The lowest BCUT2D eigenvalue weighted by molar-refractivity contribution is -0.128. The molecule has 2 aromatic rings. The SMILES string of the molecule is CC(C)(C)c1ccc(SCC(=O)N2CCN(c3ccccc3F)CC2)cc1. The number of halogens is 1. The van der Waals surface area contributed by atoms with Crippen molar-refractivity contribution in [3.63, 3.8) is 0 Å². The third-order valence-electron chi connectivity index (χ3n) is 4.91. The predicted molar refractivity (Wildman–Crippen MR) is 111 cm³/mol. The Balaban J connectivity index is 1.49. The molecule has 1 aliphatic heterocycles. The quantitative estimate of drug-likeness (QED) is 0.720. The lowest BCUT2D eigenvalue weighted by Gasteiger charge is -2.36. The van der Waals surface area contributed by atoms with E-state index in [0.29, 0.717) is 37.6 Å². The van der Waals surface area contributed by atoms with Gasteiger partial charge in [-0.15, -0.1) is 11.8 Å².